The summed E-state index contributed by atoms with van der Waals surface area (Å²) in [4.78, 5) is 24.7. The minimum atomic E-state index is -2.84. The highest BCUT2D eigenvalue weighted by atomic mass is 19.3. The molecule has 2 amide bonds. The average Bonchev–Trinajstić information content (AvgIpc) is 2.68. The first-order valence-electron chi connectivity index (χ1n) is 9.30. The van der Waals surface area contributed by atoms with Crippen LogP contribution in [0.15, 0.2) is 48.5 Å². The lowest BCUT2D eigenvalue weighted by Gasteiger charge is -2.14. The van der Waals surface area contributed by atoms with Crippen LogP contribution < -0.4 is 20.3 Å². The molecule has 0 bridgehead atoms. The molecule has 0 aliphatic carbocycles. The SMILES string of the molecule is CNC(=O)c1ccc(C[NH+](C)CC(=O)NCCc2ccc(OC(F)F)cc2)cc1. The molecule has 2 aromatic carbocycles. The van der Waals surface area contributed by atoms with Crippen LogP contribution >= 0.6 is 0 Å². The van der Waals surface area contributed by atoms with E-state index in [0.717, 1.165) is 16.0 Å². The molecule has 0 spiro atoms. The van der Waals surface area contributed by atoms with E-state index in [4.69, 9.17) is 0 Å². The molecule has 6 nitrogen and oxygen atoms in total. The molecule has 3 N–H and O–H groups in total. The van der Waals surface area contributed by atoms with Gasteiger partial charge in [0.15, 0.2) is 6.54 Å². The van der Waals surface area contributed by atoms with E-state index < -0.39 is 6.61 Å². The van der Waals surface area contributed by atoms with Crippen molar-refractivity contribution in [2.24, 2.45) is 0 Å². The lowest BCUT2D eigenvalue weighted by Crippen LogP contribution is -3.08. The van der Waals surface area contributed by atoms with Crippen molar-refractivity contribution in [1.29, 1.82) is 0 Å². The third-order valence-corrected chi connectivity index (χ3v) is 4.30. The number of benzene rings is 2. The normalized spacial score (nSPS) is 11.8. The van der Waals surface area contributed by atoms with Crippen LogP contribution in [-0.4, -0.2) is 45.6 Å². The van der Waals surface area contributed by atoms with Crippen LogP contribution in [0.25, 0.3) is 0 Å². The fourth-order valence-corrected chi connectivity index (χ4v) is 2.85. The Morgan fingerprint density at radius 1 is 1.03 bits per heavy atom. The fourth-order valence-electron chi connectivity index (χ4n) is 2.85. The second-order valence-corrected chi connectivity index (χ2v) is 6.71. The van der Waals surface area contributed by atoms with Crippen LogP contribution in [0, 0.1) is 0 Å². The Morgan fingerprint density at radius 3 is 2.24 bits per heavy atom. The van der Waals surface area contributed by atoms with Gasteiger partial charge in [-0.25, -0.2) is 0 Å². The zero-order valence-electron chi connectivity index (χ0n) is 16.5. The van der Waals surface area contributed by atoms with Crippen LogP contribution in [0.2, 0.25) is 0 Å². The summed E-state index contributed by atoms with van der Waals surface area (Å²) < 4.78 is 28.6. The second-order valence-electron chi connectivity index (χ2n) is 6.71. The predicted octanol–water partition coefficient (Wildman–Crippen LogP) is 1.02. The first-order valence-corrected chi connectivity index (χ1v) is 9.30. The van der Waals surface area contributed by atoms with E-state index in [-0.39, 0.29) is 17.6 Å². The van der Waals surface area contributed by atoms with Crippen molar-refractivity contribution < 1.29 is 28.0 Å². The summed E-state index contributed by atoms with van der Waals surface area (Å²) in [7, 11) is 3.51. The second kappa shape index (κ2) is 11.1. The molecular weight excluding hydrogens is 380 g/mol. The van der Waals surface area contributed by atoms with Gasteiger partial charge in [-0.2, -0.15) is 8.78 Å². The summed E-state index contributed by atoms with van der Waals surface area (Å²) in [5, 5.41) is 5.44. The van der Waals surface area contributed by atoms with Gasteiger partial charge in [-0.05, 0) is 36.2 Å². The largest absolute Gasteiger partial charge is 0.435 e. The number of hydrogen-bond donors (Lipinski definition) is 3. The van der Waals surface area contributed by atoms with Crippen molar-refractivity contribution in [3.05, 3.63) is 65.2 Å². The van der Waals surface area contributed by atoms with Crippen molar-refractivity contribution in [3.8, 4) is 5.75 Å². The van der Waals surface area contributed by atoms with Gasteiger partial charge in [0, 0.05) is 24.7 Å². The van der Waals surface area contributed by atoms with Gasteiger partial charge in [0.25, 0.3) is 11.8 Å². The predicted molar refractivity (Wildman–Crippen MR) is 105 cm³/mol. The van der Waals surface area contributed by atoms with Gasteiger partial charge in [-0.15, -0.1) is 0 Å². The molecule has 8 heteroatoms. The summed E-state index contributed by atoms with van der Waals surface area (Å²) >= 11 is 0. The zero-order chi connectivity index (χ0) is 21.2. The van der Waals surface area contributed by atoms with E-state index in [0.29, 0.717) is 31.6 Å². The van der Waals surface area contributed by atoms with Crippen molar-refractivity contribution in [2.45, 2.75) is 19.6 Å². The van der Waals surface area contributed by atoms with Gasteiger partial charge >= 0.3 is 6.61 Å². The summed E-state index contributed by atoms with van der Waals surface area (Å²) in [5.74, 6) is -0.0867. The number of halogens is 2. The topological polar surface area (TPSA) is 71.9 Å². The number of carbonyl (C=O) groups is 2. The molecule has 2 rings (SSSR count). The number of ether oxygens (including phenoxy) is 1. The van der Waals surface area contributed by atoms with Crippen LogP contribution in [-0.2, 0) is 17.8 Å². The molecule has 0 aromatic heterocycles. The third kappa shape index (κ3) is 7.87. The van der Waals surface area contributed by atoms with Gasteiger partial charge in [-0.3, -0.25) is 9.59 Å². The molecule has 0 radical (unpaired) electrons. The van der Waals surface area contributed by atoms with E-state index in [1.807, 2.05) is 19.2 Å². The van der Waals surface area contributed by atoms with E-state index in [2.05, 4.69) is 15.4 Å². The Balaban J connectivity index is 1.71. The Labute approximate surface area is 168 Å². The molecule has 0 aliphatic rings. The van der Waals surface area contributed by atoms with Gasteiger partial charge < -0.3 is 20.3 Å². The molecule has 0 heterocycles. The molecule has 156 valence electrons. The van der Waals surface area contributed by atoms with Gasteiger partial charge in [0.1, 0.15) is 12.3 Å². The summed E-state index contributed by atoms with van der Waals surface area (Å²) in [6, 6.07) is 13.7. The zero-order valence-corrected chi connectivity index (χ0v) is 16.5. The lowest BCUT2D eigenvalue weighted by molar-refractivity contribution is -0.885. The Hall–Kier alpha value is -3.00. The van der Waals surface area contributed by atoms with Crippen LogP contribution in [0.5, 0.6) is 5.75 Å². The number of rotatable bonds is 10. The number of amides is 2. The molecule has 1 unspecified atom stereocenters. The number of carbonyl (C=O) groups excluding carboxylic acids is 2. The number of quaternary nitrogens is 1. The lowest BCUT2D eigenvalue weighted by atomic mass is 10.1. The standard InChI is InChI=1S/C21H25F2N3O3/c1-24-20(28)17-7-3-16(4-8-17)13-26(2)14-19(27)25-12-11-15-5-9-18(10-6-15)29-21(22)23/h3-10,21H,11-14H2,1-2H3,(H,24,28)(H,25,27)/p+1. The number of alkyl halides is 2. The highest BCUT2D eigenvalue weighted by Crippen LogP contribution is 2.14. The summed E-state index contributed by atoms with van der Waals surface area (Å²) in [6.07, 6.45) is 0.598. The van der Waals surface area contributed by atoms with E-state index in [1.54, 1.807) is 31.3 Å². The van der Waals surface area contributed by atoms with Crippen LogP contribution in [0.3, 0.4) is 0 Å². The first-order chi connectivity index (χ1) is 13.9. The van der Waals surface area contributed by atoms with Crippen molar-refractivity contribution >= 4 is 11.8 Å². The van der Waals surface area contributed by atoms with E-state index >= 15 is 0 Å². The highest BCUT2D eigenvalue weighted by Gasteiger charge is 2.11. The monoisotopic (exact) mass is 406 g/mol. The van der Waals surface area contributed by atoms with Crippen LogP contribution in [0.4, 0.5) is 8.78 Å². The molecule has 0 saturated heterocycles. The molecule has 2 aromatic rings. The van der Waals surface area contributed by atoms with E-state index in [1.165, 1.54) is 12.1 Å². The van der Waals surface area contributed by atoms with E-state index in [9.17, 15) is 18.4 Å². The summed E-state index contributed by atoms with van der Waals surface area (Å²) in [6.45, 7) is -1.40. The molecule has 29 heavy (non-hydrogen) atoms. The molecule has 0 aliphatic heterocycles. The van der Waals surface area contributed by atoms with Gasteiger partial charge in [-0.1, -0.05) is 24.3 Å². The Morgan fingerprint density at radius 2 is 1.66 bits per heavy atom. The summed E-state index contributed by atoms with van der Waals surface area (Å²) in [5.41, 5.74) is 2.55. The maximum absolute atomic E-state index is 12.1. The molecular formula is C21H26F2N3O3+. The first kappa shape index (κ1) is 22.3. The maximum atomic E-state index is 12.1. The van der Waals surface area contributed by atoms with Gasteiger partial charge in [0.2, 0.25) is 0 Å². The maximum Gasteiger partial charge on any atom is 0.387 e. The molecule has 1 atom stereocenters. The fraction of sp³-hybridized carbons (Fsp3) is 0.333. The van der Waals surface area contributed by atoms with Crippen molar-refractivity contribution in [1.82, 2.24) is 10.6 Å². The molecule has 0 fully saturated rings. The van der Waals surface area contributed by atoms with Crippen molar-refractivity contribution in [2.75, 3.05) is 27.2 Å². The third-order valence-electron chi connectivity index (χ3n) is 4.30. The highest BCUT2D eigenvalue weighted by molar-refractivity contribution is 5.93. The Kier molecular flexibility index (Phi) is 8.54. The minimum absolute atomic E-state index is 0.0675. The van der Waals surface area contributed by atoms with Gasteiger partial charge in [0.05, 0.1) is 7.05 Å². The number of likely N-dealkylation sites (N-methyl/N-ethyl adjacent to an activating group) is 1. The molecule has 0 saturated carbocycles. The number of nitrogens with one attached hydrogen (secondary N) is 3. The quantitative estimate of drug-likeness (QED) is 0.552. The number of hydrogen-bond acceptors (Lipinski definition) is 3. The smallest absolute Gasteiger partial charge is 0.387 e. The average molecular weight is 406 g/mol. The van der Waals surface area contributed by atoms with Crippen molar-refractivity contribution in [3.63, 3.8) is 0 Å². The minimum Gasteiger partial charge on any atom is -0.435 e. The van der Waals surface area contributed by atoms with Crippen LogP contribution in [0.1, 0.15) is 21.5 Å². The Bertz CT molecular complexity index is 796.